The summed E-state index contributed by atoms with van der Waals surface area (Å²) in [6.07, 6.45) is 2.00. The lowest BCUT2D eigenvalue weighted by Crippen LogP contribution is -2.28. The molecule has 6 nitrogen and oxygen atoms in total. The molecule has 1 N–H and O–H groups in total. The molecule has 3 rings (SSSR count). The zero-order valence-electron chi connectivity index (χ0n) is 16.5. The van der Waals surface area contributed by atoms with Crippen LogP contribution in [0.25, 0.3) is 0 Å². The average molecular weight is 436 g/mol. The van der Waals surface area contributed by atoms with Gasteiger partial charge in [-0.25, -0.2) is 8.42 Å². The van der Waals surface area contributed by atoms with Gasteiger partial charge >= 0.3 is 0 Å². The summed E-state index contributed by atoms with van der Waals surface area (Å²) in [7, 11) is -3.56. The van der Waals surface area contributed by atoms with E-state index < -0.39 is 10.0 Å². The van der Waals surface area contributed by atoms with Crippen LogP contribution in [0.2, 0.25) is 5.02 Å². The molecule has 1 aliphatic rings. The van der Waals surface area contributed by atoms with Crippen LogP contribution in [0.15, 0.2) is 53.4 Å². The standard InChI is InChI=1S/C21H26ClN3O3S/c1-2-24(17-8-4-3-5-9-17)15-12-21(26)23-20-16-18(10-11-19(20)22)29(27,28)25-13-6-7-14-25/h3-5,8-11,16H,2,6-7,12-15H2,1H3,(H,23,26). The maximum atomic E-state index is 12.8. The van der Waals surface area contributed by atoms with Crippen molar-refractivity contribution in [2.45, 2.75) is 31.1 Å². The minimum absolute atomic E-state index is 0.151. The van der Waals surface area contributed by atoms with Gasteiger partial charge in [-0.3, -0.25) is 4.79 Å². The number of hydrogen-bond acceptors (Lipinski definition) is 4. The molecule has 2 aromatic carbocycles. The number of benzene rings is 2. The van der Waals surface area contributed by atoms with E-state index in [0.29, 0.717) is 30.3 Å². The minimum atomic E-state index is -3.56. The second-order valence-electron chi connectivity index (χ2n) is 6.97. The number of amides is 1. The van der Waals surface area contributed by atoms with Crippen LogP contribution in [0.3, 0.4) is 0 Å². The van der Waals surface area contributed by atoms with E-state index in [2.05, 4.69) is 10.2 Å². The number of nitrogens with zero attached hydrogens (tertiary/aromatic N) is 2. The molecular weight excluding hydrogens is 410 g/mol. The van der Waals surface area contributed by atoms with Gasteiger partial charge in [0.1, 0.15) is 0 Å². The first-order chi connectivity index (χ1) is 13.9. The number of halogens is 1. The zero-order valence-corrected chi connectivity index (χ0v) is 18.0. The van der Waals surface area contributed by atoms with Crippen LogP contribution in [-0.2, 0) is 14.8 Å². The van der Waals surface area contributed by atoms with Crippen LogP contribution in [0.1, 0.15) is 26.2 Å². The lowest BCUT2D eigenvalue weighted by Gasteiger charge is -2.23. The predicted octanol–water partition coefficient (Wildman–Crippen LogP) is 3.98. The molecule has 8 heteroatoms. The fourth-order valence-electron chi connectivity index (χ4n) is 3.40. The van der Waals surface area contributed by atoms with E-state index in [9.17, 15) is 13.2 Å². The van der Waals surface area contributed by atoms with Gasteiger partial charge in [0.05, 0.1) is 15.6 Å². The fourth-order valence-corrected chi connectivity index (χ4v) is 5.10. The molecule has 2 aromatic rings. The molecule has 1 amide bonds. The summed E-state index contributed by atoms with van der Waals surface area (Å²) >= 11 is 6.20. The largest absolute Gasteiger partial charge is 0.371 e. The number of sulfonamides is 1. The zero-order chi connectivity index (χ0) is 20.9. The quantitative estimate of drug-likeness (QED) is 0.680. The molecule has 0 unspecified atom stereocenters. The highest BCUT2D eigenvalue weighted by Crippen LogP contribution is 2.28. The third-order valence-electron chi connectivity index (χ3n) is 5.03. The highest BCUT2D eigenvalue weighted by Gasteiger charge is 2.27. The van der Waals surface area contributed by atoms with Crippen molar-refractivity contribution in [1.29, 1.82) is 0 Å². The number of hydrogen-bond donors (Lipinski definition) is 1. The van der Waals surface area contributed by atoms with Crippen molar-refractivity contribution in [2.24, 2.45) is 0 Å². The van der Waals surface area contributed by atoms with Gasteiger partial charge in [-0.1, -0.05) is 29.8 Å². The molecule has 0 radical (unpaired) electrons. The Morgan fingerprint density at radius 3 is 2.48 bits per heavy atom. The number of anilines is 2. The molecule has 156 valence electrons. The predicted molar refractivity (Wildman–Crippen MR) is 117 cm³/mol. The van der Waals surface area contributed by atoms with Gasteiger partial charge < -0.3 is 10.2 Å². The summed E-state index contributed by atoms with van der Waals surface area (Å²) in [5.41, 5.74) is 1.37. The van der Waals surface area contributed by atoms with Crippen molar-refractivity contribution in [3.63, 3.8) is 0 Å². The number of para-hydroxylation sites is 1. The van der Waals surface area contributed by atoms with Crippen molar-refractivity contribution in [2.75, 3.05) is 36.4 Å². The Labute approximate surface area is 177 Å². The third kappa shape index (κ3) is 5.29. The average Bonchev–Trinajstić information content (AvgIpc) is 3.26. The maximum Gasteiger partial charge on any atom is 0.243 e. The second kappa shape index (κ2) is 9.61. The van der Waals surface area contributed by atoms with E-state index in [0.717, 1.165) is 25.1 Å². The van der Waals surface area contributed by atoms with Crippen LogP contribution in [-0.4, -0.2) is 44.8 Å². The highest BCUT2D eigenvalue weighted by molar-refractivity contribution is 7.89. The molecule has 1 fully saturated rings. The van der Waals surface area contributed by atoms with E-state index >= 15 is 0 Å². The SMILES string of the molecule is CCN(CCC(=O)Nc1cc(S(=O)(=O)N2CCCC2)ccc1Cl)c1ccccc1. The summed E-state index contributed by atoms with van der Waals surface area (Å²) in [4.78, 5) is 14.7. The van der Waals surface area contributed by atoms with Gasteiger partial charge in [0, 0.05) is 38.3 Å². The van der Waals surface area contributed by atoms with E-state index in [1.54, 1.807) is 0 Å². The van der Waals surface area contributed by atoms with Crippen molar-refractivity contribution < 1.29 is 13.2 Å². The van der Waals surface area contributed by atoms with Crippen molar-refractivity contribution in [3.05, 3.63) is 53.6 Å². The molecule has 1 aliphatic heterocycles. The van der Waals surface area contributed by atoms with E-state index in [1.807, 2.05) is 37.3 Å². The van der Waals surface area contributed by atoms with Gasteiger partial charge in [0.2, 0.25) is 15.9 Å². The Hall–Kier alpha value is -2.09. The van der Waals surface area contributed by atoms with Crippen LogP contribution in [0.4, 0.5) is 11.4 Å². The molecule has 1 heterocycles. The second-order valence-corrected chi connectivity index (χ2v) is 9.31. The Balaban J connectivity index is 1.67. The first-order valence-corrected chi connectivity index (χ1v) is 11.6. The van der Waals surface area contributed by atoms with Crippen LogP contribution < -0.4 is 10.2 Å². The van der Waals surface area contributed by atoms with Gasteiger partial charge in [-0.05, 0) is 50.1 Å². The molecule has 0 bridgehead atoms. The molecule has 0 saturated carbocycles. The summed E-state index contributed by atoms with van der Waals surface area (Å²) < 4.78 is 27.0. The Kier molecular flexibility index (Phi) is 7.16. The summed E-state index contributed by atoms with van der Waals surface area (Å²) in [5.74, 6) is -0.211. The minimum Gasteiger partial charge on any atom is -0.371 e. The topological polar surface area (TPSA) is 69.7 Å². The van der Waals surface area contributed by atoms with Crippen LogP contribution in [0.5, 0.6) is 0 Å². The van der Waals surface area contributed by atoms with Crippen LogP contribution >= 0.6 is 11.6 Å². The number of rotatable bonds is 8. The van der Waals surface area contributed by atoms with Gasteiger partial charge in [0.25, 0.3) is 0 Å². The number of carbonyl (C=O) groups is 1. The van der Waals surface area contributed by atoms with Gasteiger partial charge in [0.15, 0.2) is 0 Å². The molecule has 29 heavy (non-hydrogen) atoms. The Morgan fingerprint density at radius 2 is 1.83 bits per heavy atom. The van der Waals surface area contributed by atoms with Crippen molar-refractivity contribution >= 4 is 38.9 Å². The molecule has 0 atom stereocenters. The number of carbonyl (C=O) groups excluding carboxylic acids is 1. The van der Waals surface area contributed by atoms with Crippen molar-refractivity contribution in [3.8, 4) is 0 Å². The van der Waals surface area contributed by atoms with E-state index in [4.69, 9.17) is 11.6 Å². The monoisotopic (exact) mass is 435 g/mol. The highest BCUT2D eigenvalue weighted by atomic mass is 35.5. The fraction of sp³-hybridized carbons (Fsp3) is 0.381. The maximum absolute atomic E-state index is 12.8. The molecular formula is C21H26ClN3O3S. The van der Waals surface area contributed by atoms with E-state index in [1.165, 1.54) is 22.5 Å². The Bertz CT molecular complexity index is 945. The smallest absolute Gasteiger partial charge is 0.243 e. The summed E-state index contributed by atoms with van der Waals surface area (Å²) in [6.45, 7) is 4.42. The van der Waals surface area contributed by atoms with Crippen molar-refractivity contribution in [1.82, 2.24) is 4.31 Å². The first kappa shape index (κ1) is 21.6. The molecule has 1 saturated heterocycles. The normalized spacial score (nSPS) is 14.7. The summed E-state index contributed by atoms with van der Waals surface area (Å²) in [6, 6.07) is 14.3. The number of nitrogens with one attached hydrogen (secondary N) is 1. The van der Waals surface area contributed by atoms with E-state index in [-0.39, 0.29) is 17.2 Å². The van der Waals surface area contributed by atoms with Gasteiger partial charge in [-0.2, -0.15) is 4.31 Å². The lowest BCUT2D eigenvalue weighted by molar-refractivity contribution is -0.116. The van der Waals surface area contributed by atoms with Crippen LogP contribution in [0, 0.1) is 0 Å². The van der Waals surface area contributed by atoms with Gasteiger partial charge in [-0.15, -0.1) is 0 Å². The lowest BCUT2D eigenvalue weighted by atomic mass is 10.2. The third-order valence-corrected chi connectivity index (χ3v) is 7.25. The first-order valence-electron chi connectivity index (χ1n) is 9.81. The Morgan fingerprint density at radius 1 is 1.14 bits per heavy atom. The molecule has 0 spiro atoms. The molecule has 0 aromatic heterocycles. The molecule has 0 aliphatic carbocycles. The summed E-state index contributed by atoms with van der Waals surface area (Å²) in [5, 5.41) is 3.08.